The van der Waals surface area contributed by atoms with E-state index in [9.17, 15) is 0 Å². The number of phenolic OH excluding ortho intramolecular Hbond substituents is 1. The summed E-state index contributed by atoms with van der Waals surface area (Å²) in [4.78, 5) is 0. The summed E-state index contributed by atoms with van der Waals surface area (Å²) in [5.41, 5.74) is 0. The van der Waals surface area contributed by atoms with Crippen LogP contribution in [-0.2, 0) is 0 Å². The standard InChI is InChI=1S/C11H12O2/c1-2-3-4-9-13-11-7-5-10(12)6-8-11/h5-8,12H,4,9H2,1H3. The Kier molecular flexibility index (Phi) is 3.72. The first kappa shape index (κ1) is 9.47. The van der Waals surface area contributed by atoms with Crippen LogP contribution in [0.4, 0.5) is 0 Å². The molecule has 0 aromatic heterocycles. The fourth-order valence-electron chi connectivity index (χ4n) is 0.887. The van der Waals surface area contributed by atoms with Gasteiger partial charge in [-0.2, -0.15) is 0 Å². The Hall–Kier alpha value is -1.62. The first-order valence-electron chi connectivity index (χ1n) is 4.14. The molecule has 1 aromatic carbocycles. The van der Waals surface area contributed by atoms with E-state index in [2.05, 4.69) is 11.8 Å². The summed E-state index contributed by atoms with van der Waals surface area (Å²) < 4.78 is 5.35. The third kappa shape index (κ3) is 3.53. The van der Waals surface area contributed by atoms with E-state index >= 15 is 0 Å². The molecule has 0 saturated heterocycles. The van der Waals surface area contributed by atoms with E-state index in [-0.39, 0.29) is 5.75 Å². The van der Waals surface area contributed by atoms with Crippen LogP contribution in [0.25, 0.3) is 0 Å². The molecule has 1 aromatic rings. The normalized spacial score (nSPS) is 8.69. The minimum absolute atomic E-state index is 0.251. The third-order valence-electron chi connectivity index (χ3n) is 1.51. The average Bonchev–Trinajstić information content (AvgIpc) is 2.15. The first-order chi connectivity index (χ1) is 6.33. The molecule has 2 heteroatoms. The predicted molar refractivity (Wildman–Crippen MR) is 51.7 cm³/mol. The molecule has 1 N–H and O–H groups in total. The fourth-order valence-corrected chi connectivity index (χ4v) is 0.887. The number of aromatic hydroxyl groups is 1. The molecule has 0 unspecified atom stereocenters. The Labute approximate surface area is 78.2 Å². The molecule has 0 spiro atoms. The zero-order valence-corrected chi connectivity index (χ0v) is 7.58. The lowest BCUT2D eigenvalue weighted by Gasteiger charge is -2.02. The summed E-state index contributed by atoms with van der Waals surface area (Å²) in [6, 6.07) is 6.66. The average molecular weight is 176 g/mol. The van der Waals surface area contributed by atoms with Gasteiger partial charge in [0.15, 0.2) is 0 Å². The van der Waals surface area contributed by atoms with Gasteiger partial charge in [0.1, 0.15) is 11.5 Å². The minimum atomic E-state index is 0.251. The Morgan fingerprint density at radius 3 is 2.62 bits per heavy atom. The summed E-state index contributed by atoms with van der Waals surface area (Å²) >= 11 is 0. The molecular formula is C11H12O2. The highest BCUT2D eigenvalue weighted by Gasteiger charge is 1.91. The molecule has 0 aliphatic heterocycles. The molecule has 0 heterocycles. The van der Waals surface area contributed by atoms with E-state index in [1.54, 1.807) is 31.2 Å². The van der Waals surface area contributed by atoms with Crippen LogP contribution in [0.15, 0.2) is 24.3 Å². The van der Waals surface area contributed by atoms with Crippen molar-refractivity contribution in [2.75, 3.05) is 6.61 Å². The van der Waals surface area contributed by atoms with Crippen molar-refractivity contribution < 1.29 is 9.84 Å². The summed E-state index contributed by atoms with van der Waals surface area (Å²) in [6.45, 7) is 2.40. The largest absolute Gasteiger partial charge is 0.508 e. The second-order valence-electron chi connectivity index (χ2n) is 2.52. The van der Waals surface area contributed by atoms with Crippen molar-refractivity contribution >= 4 is 0 Å². The molecule has 13 heavy (non-hydrogen) atoms. The van der Waals surface area contributed by atoms with Crippen molar-refractivity contribution in [1.29, 1.82) is 0 Å². The van der Waals surface area contributed by atoms with Gasteiger partial charge < -0.3 is 9.84 Å². The van der Waals surface area contributed by atoms with E-state index in [1.807, 2.05) is 0 Å². The third-order valence-corrected chi connectivity index (χ3v) is 1.51. The number of rotatable bonds is 3. The van der Waals surface area contributed by atoms with Crippen LogP contribution in [-0.4, -0.2) is 11.7 Å². The van der Waals surface area contributed by atoms with E-state index in [0.29, 0.717) is 6.61 Å². The summed E-state index contributed by atoms with van der Waals surface area (Å²) in [5.74, 6) is 6.71. The molecular weight excluding hydrogens is 164 g/mol. The molecule has 0 fully saturated rings. The molecule has 2 nitrogen and oxygen atoms in total. The zero-order valence-electron chi connectivity index (χ0n) is 7.58. The Balaban J connectivity index is 2.36. The number of hydrogen-bond donors (Lipinski definition) is 1. The molecule has 0 radical (unpaired) electrons. The molecule has 0 atom stereocenters. The van der Waals surface area contributed by atoms with Crippen LogP contribution < -0.4 is 4.74 Å². The first-order valence-corrected chi connectivity index (χ1v) is 4.14. The van der Waals surface area contributed by atoms with E-state index in [4.69, 9.17) is 9.84 Å². The lowest BCUT2D eigenvalue weighted by Crippen LogP contribution is -1.94. The second-order valence-corrected chi connectivity index (χ2v) is 2.52. The second kappa shape index (κ2) is 5.10. The van der Waals surface area contributed by atoms with Crippen molar-refractivity contribution in [2.45, 2.75) is 13.3 Å². The van der Waals surface area contributed by atoms with Crippen molar-refractivity contribution in [2.24, 2.45) is 0 Å². The molecule has 0 bridgehead atoms. The Morgan fingerprint density at radius 2 is 2.00 bits per heavy atom. The van der Waals surface area contributed by atoms with Gasteiger partial charge in [0.2, 0.25) is 0 Å². The highest BCUT2D eigenvalue weighted by Crippen LogP contribution is 2.15. The van der Waals surface area contributed by atoms with Crippen LogP contribution in [0.3, 0.4) is 0 Å². The monoisotopic (exact) mass is 176 g/mol. The van der Waals surface area contributed by atoms with Gasteiger partial charge in [0, 0.05) is 6.42 Å². The number of ether oxygens (including phenoxy) is 1. The number of benzene rings is 1. The topological polar surface area (TPSA) is 29.5 Å². The van der Waals surface area contributed by atoms with E-state index < -0.39 is 0 Å². The van der Waals surface area contributed by atoms with Crippen molar-refractivity contribution in [1.82, 2.24) is 0 Å². The minimum Gasteiger partial charge on any atom is -0.508 e. The van der Waals surface area contributed by atoms with Crippen LogP contribution in [0.5, 0.6) is 11.5 Å². The van der Waals surface area contributed by atoms with Gasteiger partial charge in [-0.05, 0) is 31.2 Å². The smallest absolute Gasteiger partial charge is 0.119 e. The molecule has 0 saturated carbocycles. The van der Waals surface area contributed by atoms with Crippen molar-refractivity contribution in [3.63, 3.8) is 0 Å². The maximum atomic E-state index is 8.99. The van der Waals surface area contributed by atoms with Crippen molar-refractivity contribution in [3.05, 3.63) is 24.3 Å². The lowest BCUT2D eigenvalue weighted by atomic mass is 10.3. The van der Waals surface area contributed by atoms with Gasteiger partial charge in [0.05, 0.1) is 6.61 Å². The van der Waals surface area contributed by atoms with Gasteiger partial charge in [-0.15, -0.1) is 11.8 Å². The molecule has 68 valence electrons. The van der Waals surface area contributed by atoms with Crippen molar-refractivity contribution in [3.8, 4) is 23.3 Å². The maximum absolute atomic E-state index is 8.99. The van der Waals surface area contributed by atoms with Crippen LogP contribution in [0, 0.1) is 11.8 Å². The molecule has 1 rings (SSSR count). The maximum Gasteiger partial charge on any atom is 0.119 e. The summed E-state index contributed by atoms with van der Waals surface area (Å²) in [5, 5.41) is 8.99. The van der Waals surface area contributed by atoms with Gasteiger partial charge in [-0.25, -0.2) is 0 Å². The predicted octanol–water partition coefficient (Wildman–Crippen LogP) is 2.18. The zero-order chi connectivity index (χ0) is 9.52. The number of phenols is 1. The highest BCUT2D eigenvalue weighted by molar-refractivity contribution is 5.30. The van der Waals surface area contributed by atoms with Gasteiger partial charge in [-0.1, -0.05) is 0 Å². The summed E-state index contributed by atoms with van der Waals surface area (Å²) in [6.07, 6.45) is 0.734. The Morgan fingerprint density at radius 1 is 1.31 bits per heavy atom. The van der Waals surface area contributed by atoms with E-state index in [0.717, 1.165) is 12.2 Å². The number of hydrogen-bond acceptors (Lipinski definition) is 2. The van der Waals surface area contributed by atoms with Crippen LogP contribution in [0.1, 0.15) is 13.3 Å². The van der Waals surface area contributed by atoms with E-state index in [1.165, 1.54) is 0 Å². The van der Waals surface area contributed by atoms with Crippen LogP contribution in [0.2, 0.25) is 0 Å². The molecule has 0 amide bonds. The van der Waals surface area contributed by atoms with Gasteiger partial charge in [0.25, 0.3) is 0 Å². The SMILES string of the molecule is CC#CCCOc1ccc(O)cc1. The lowest BCUT2D eigenvalue weighted by molar-refractivity contribution is 0.326. The van der Waals surface area contributed by atoms with Gasteiger partial charge >= 0.3 is 0 Å². The molecule has 0 aliphatic rings. The fraction of sp³-hybridized carbons (Fsp3) is 0.273. The molecule has 0 aliphatic carbocycles. The van der Waals surface area contributed by atoms with Crippen LogP contribution >= 0.6 is 0 Å². The quantitative estimate of drug-likeness (QED) is 0.565. The van der Waals surface area contributed by atoms with Gasteiger partial charge in [-0.3, -0.25) is 0 Å². The Bertz CT molecular complexity index is 303. The highest BCUT2D eigenvalue weighted by atomic mass is 16.5. The summed E-state index contributed by atoms with van der Waals surface area (Å²) in [7, 11) is 0.